The van der Waals surface area contributed by atoms with Crippen LogP contribution in [0.15, 0.2) is 29.0 Å². The lowest BCUT2D eigenvalue weighted by Crippen LogP contribution is -2.61. The lowest BCUT2D eigenvalue weighted by Gasteiger charge is -2.46. The molecule has 0 spiro atoms. The second-order valence-corrected chi connectivity index (χ2v) is 9.56. The standard InChI is InChI=1S/C23H22INO9/c1-2-33-15(27)8-34-14-7-10-5-9-6-11-12(24)3-4-13(26)17(11)19(28)16(9)20(29)23(10,32)21(30)18(14)22(25)31/h3-4,9-10,26,28,32H,2,5-8H2,1H3,(H2,25,31). The van der Waals surface area contributed by atoms with Gasteiger partial charge in [-0.1, -0.05) is 0 Å². The average Bonchev–Trinajstić information content (AvgIpc) is 2.77. The fourth-order valence-electron chi connectivity index (χ4n) is 5.04. The first-order valence-corrected chi connectivity index (χ1v) is 11.7. The Morgan fingerprint density at radius 3 is 2.56 bits per heavy atom. The van der Waals surface area contributed by atoms with Crippen molar-refractivity contribution in [3.8, 4) is 5.75 Å². The summed E-state index contributed by atoms with van der Waals surface area (Å²) in [5.41, 5.74) is 2.59. The van der Waals surface area contributed by atoms with Crippen LogP contribution >= 0.6 is 22.6 Å². The number of primary amides is 1. The molecule has 5 N–H and O–H groups in total. The molecule has 0 radical (unpaired) electrons. The molecule has 34 heavy (non-hydrogen) atoms. The van der Waals surface area contributed by atoms with Crippen LogP contribution in [0, 0.1) is 15.4 Å². The molecule has 3 aliphatic rings. The fourth-order valence-corrected chi connectivity index (χ4v) is 5.71. The maximum atomic E-state index is 13.5. The second-order valence-electron chi connectivity index (χ2n) is 8.40. The first-order valence-electron chi connectivity index (χ1n) is 10.6. The van der Waals surface area contributed by atoms with Crippen molar-refractivity contribution in [2.24, 2.45) is 17.6 Å². The highest BCUT2D eigenvalue weighted by Crippen LogP contribution is 2.51. The van der Waals surface area contributed by atoms with E-state index in [4.69, 9.17) is 15.2 Å². The van der Waals surface area contributed by atoms with Crippen molar-refractivity contribution >= 4 is 51.8 Å². The zero-order valence-electron chi connectivity index (χ0n) is 18.1. The second kappa shape index (κ2) is 8.69. The number of carbonyl (C=O) groups excluding carboxylic acids is 4. The Bertz CT molecular complexity index is 1200. The highest BCUT2D eigenvalue weighted by Gasteiger charge is 2.61. The van der Waals surface area contributed by atoms with E-state index in [9.17, 15) is 34.5 Å². The van der Waals surface area contributed by atoms with Crippen LogP contribution in [0.2, 0.25) is 0 Å². The number of hydrogen-bond acceptors (Lipinski definition) is 9. The molecule has 0 saturated heterocycles. The van der Waals surface area contributed by atoms with Gasteiger partial charge in [0.05, 0.1) is 12.2 Å². The summed E-state index contributed by atoms with van der Waals surface area (Å²) >= 11 is 2.06. The highest BCUT2D eigenvalue weighted by atomic mass is 127. The van der Waals surface area contributed by atoms with Crippen molar-refractivity contribution in [2.75, 3.05) is 13.2 Å². The highest BCUT2D eigenvalue weighted by molar-refractivity contribution is 14.1. The van der Waals surface area contributed by atoms with Gasteiger partial charge in [0.25, 0.3) is 5.91 Å². The molecule has 0 heterocycles. The Morgan fingerprint density at radius 1 is 1.21 bits per heavy atom. The molecular weight excluding hydrogens is 561 g/mol. The Kier molecular flexibility index (Phi) is 6.19. The smallest absolute Gasteiger partial charge is 0.344 e. The number of aliphatic hydroxyl groups excluding tert-OH is 1. The predicted molar refractivity (Wildman–Crippen MR) is 124 cm³/mol. The summed E-state index contributed by atoms with van der Waals surface area (Å²) in [6.07, 6.45) is 0.205. The summed E-state index contributed by atoms with van der Waals surface area (Å²) in [5, 5.41) is 32.6. The number of allylic oxidation sites excluding steroid dienone is 1. The number of amides is 1. The van der Waals surface area contributed by atoms with Gasteiger partial charge in [0.1, 0.15) is 22.8 Å². The number of benzene rings is 1. The summed E-state index contributed by atoms with van der Waals surface area (Å²) in [5.74, 6) is -6.66. The molecule has 1 amide bonds. The summed E-state index contributed by atoms with van der Waals surface area (Å²) < 4.78 is 11.0. The molecule has 0 aliphatic heterocycles. The van der Waals surface area contributed by atoms with Crippen LogP contribution in [-0.4, -0.2) is 57.6 Å². The predicted octanol–water partition coefficient (Wildman–Crippen LogP) is 1.05. The van der Waals surface area contributed by atoms with Crippen molar-refractivity contribution in [1.29, 1.82) is 0 Å². The number of phenols is 1. The SMILES string of the molecule is CCOC(=O)COC1=C(C(N)=O)C(=O)C2(O)C(=O)C3=C(O)c4c(O)ccc(I)c4CC3CC2C1. The summed E-state index contributed by atoms with van der Waals surface area (Å²) in [7, 11) is 0. The monoisotopic (exact) mass is 583 g/mol. The minimum atomic E-state index is -2.64. The number of rotatable bonds is 5. The van der Waals surface area contributed by atoms with Gasteiger partial charge in [0.15, 0.2) is 12.2 Å². The molecule has 0 bridgehead atoms. The number of nitrogens with two attached hydrogens (primary N) is 1. The van der Waals surface area contributed by atoms with Crippen LogP contribution in [0.4, 0.5) is 0 Å². The Balaban J connectivity index is 1.78. The number of hydrogen-bond donors (Lipinski definition) is 4. The van der Waals surface area contributed by atoms with Gasteiger partial charge in [0.2, 0.25) is 11.6 Å². The largest absolute Gasteiger partial charge is 0.507 e. The Labute approximate surface area is 207 Å². The van der Waals surface area contributed by atoms with Crippen LogP contribution in [0.5, 0.6) is 5.75 Å². The number of esters is 1. The number of aliphatic hydroxyl groups is 2. The molecule has 3 atom stereocenters. The summed E-state index contributed by atoms with van der Waals surface area (Å²) in [6, 6.07) is 3.07. The van der Waals surface area contributed by atoms with E-state index in [0.717, 1.165) is 3.57 Å². The van der Waals surface area contributed by atoms with Gasteiger partial charge in [-0.25, -0.2) is 4.79 Å². The van der Waals surface area contributed by atoms with Crippen LogP contribution in [-0.2, 0) is 35.1 Å². The number of Topliss-reactive ketones (excluding diaryl/α,β-unsaturated/α-hetero) is 2. The van der Waals surface area contributed by atoms with Gasteiger partial charge in [-0.3, -0.25) is 14.4 Å². The molecule has 0 aromatic heterocycles. The summed E-state index contributed by atoms with van der Waals surface area (Å²) in [4.78, 5) is 50.6. The van der Waals surface area contributed by atoms with Gasteiger partial charge < -0.3 is 30.5 Å². The van der Waals surface area contributed by atoms with Gasteiger partial charge >= 0.3 is 5.97 Å². The normalized spacial score (nSPS) is 26.0. The third kappa shape index (κ3) is 3.57. The van der Waals surface area contributed by atoms with Crippen molar-refractivity contribution < 1.29 is 44.0 Å². The molecule has 1 fully saturated rings. The van der Waals surface area contributed by atoms with Gasteiger partial charge in [-0.2, -0.15) is 0 Å². The molecule has 1 aromatic rings. The minimum Gasteiger partial charge on any atom is -0.507 e. The van der Waals surface area contributed by atoms with Crippen LogP contribution < -0.4 is 5.73 Å². The summed E-state index contributed by atoms with van der Waals surface area (Å²) in [6.45, 7) is 1.13. The number of phenolic OH excluding ortho intramolecular Hbond substituents is 1. The minimum absolute atomic E-state index is 0.0842. The van der Waals surface area contributed by atoms with E-state index in [1.807, 2.05) is 0 Å². The van der Waals surface area contributed by atoms with Crippen molar-refractivity contribution in [1.82, 2.24) is 0 Å². The number of ketones is 2. The number of aromatic hydroxyl groups is 1. The van der Waals surface area contributed by atoms with E-state index in [-0.39, 0.29) is 42.1 Å². The van der Waals surface area contributed by atoms with E-state index >= 15 is 0 Å². The molecule has 11 heteroatoms. The van der Waals surface area contributed by atoms with Crippen LogP contribution in [0.3, 0.4) is 0 Å². The third-order valence-electron chi connectivity index (χ3n) is 6.53. The van der Waals surface area contributed by atoms with Gasteiger partial charge in [0, 0.05) is 21.5 Å². The molecule has 1 saturated carbocycles. The van der Waals surface area contributed by atoms with Crippen molar-refractivity contribution in [2.45, 2.75) is 31.8 Å². The van der Waals surface area contributed by atoms with E-state index < -0.39 is 58.8 Å². The maximum Gasteiger partial charge on any atom is 0.344 e. The van der Waals surface area contributed by atoms with E-state index in [1.54, 1.807) is 13.0 Å². The number of halogens is 1. The van der Waals surface area contributed by atoms with Gasteiger partial charge in [-0.05, 0) is 66.0 Å². The van der Waals surface area contributed by atoms with Crippen molar-refractivity contribution in [3.63, 3.8) is 0 Å². The number of ether oxygens (including phenoxy) is 2. The molecule has 4 rings (SSSR count). The lowest BCUT2D eigenvalue weighted by molar-refractivity contribution is -0.160. The number of fused-ring (bicyclic) bond motifs is 3. The van der Waals surface area contributed by atoms with E-state index in [0.29, 0.717) is 12.0 Å². The molecular formula is C23H22INO9. The maximum absolute atomic E-state index is 13.5. The molecule has 10 nitrogen and oxygen atoms in total. The van der Waals surface area contributed by atoms with E-state index in [1.165, 1.54) is 6.07 Å². The first-order chi connectivity index (χ1) is 16.0. The Morgan fingerprint density at radius 2 is 1.91 bits per heavy atom. The third-order valence-corrected chi connectivity index (χ3v) is 7.55. The molecule has 3 aliphatic carbocycles. The zero-order chi connectivity index (χ0) is 24.9. The molecule has 180 valence electrons. The first kappa shape index (κ1) is 24.2. The van der Waals surface area contributed by atoms with Crippen LogP contribution in [0.1, 0.15) is 30.9 Å². The Hall–Kier alpha value is -2.93. The molecule has 3 unspecified atom stereocenters. The van der Waals surface area contributed by atoms with E-state index in [2.05, 4.69) is 22.6 Å². The number of carbonyl (C=O) groups is 4. The fraction of sp³-hybridized carbons (Fsp3) is 0.391. The van der Waals surface area contributed by atoms with Crippen molar-refractivity contribution in [3.05, 3.63) is 43.7 Å². The lowest BCUT2D eigenvalue weighted by atomic mass is 9.58. The quantitative estimate of drug-likeness (QED) is 0.171. The molecule has 1 aromatic carbocycles. The van der Waals surface area contributed by atoms with Gasteiger partial charge in [-0.15, -0.1) is 0 Å². The zero-order valence-corrected chi connectivity index (χ0v) is 20.2. The van der Waals surface area contributed by atoms with Crippen LogP contribution in [0.25, 0.3) is 5.76 Å². The average molecular weight is 583 g/mol. The topological polar surface area (TPSA) is 173 Å².